The van der Waals surface area contributed by atoms with Crippen molar-refractivity contribution in [3.05, 3.63) is 64.1 Å². The van der Waals surface area contributed by atoms with Crippen molar-refractivity contribution < 1.29 is 14.3 Å². The molecule has 1 saturated heterocycles. The Morgan fingerprint density at radius 1 is 1.17 bits per heavy atom. The molecule has 24 heavy (non-hydrogen) atoms. The van der Waals surface area contributed by atoms with E-state index in [-0.39, 0.29) is 5.91 Å². The van der Waals surface area contributed by atoms with Crippen molar-refractivity contribution in [3.8, 4) is 5.75 Å². The predicted octanol–water partition coefficient (Wildman–Crippen LogP) is 3.01. The zero-order valence-electron chi connectivity index (χ0n) is 13.2. The van der Waals surface area contributed by atoms with Gasteiger partial charge < -0.3 is 9.47 Å². The maximum Gasteiger partial charge on any atom is 0.265 e. The van der Waals surface area contributed by atoms with Crippen LogP contribution >= 0.6 is 15.9 Å². The van der Waals surface area contributed by atoms with Gasteiger partial charge in [0.2, 0.25) is 0 Å². The van der Waals surface area contributed by atoms with Crippen LogP contribution < -0.4 is 10.2 Å². The summed E-state index contributed by atoms with van der Waals surface area (Å²) in [5.41, 5.74) is 4.49. The van der Waals surface area contributed by atoms with E-state index in [1.165, 1.54) is 0 Å². The van der Waals surface area contributed by atoms with Crippen molar-refractivity contribution in [1.82, 2.24) is 10.4 Å². The number of carbonyl (C=O) groups excluding carboxylic acids is 1. The Labute approximate surface area is 149 Å². The number of morpholine rings is 1. The fourth-order valence-electron chi connectivity index (χ4n) is 2.38. The number of carbonyl (C=O) groups is 1. The molecule has 0 atom stereocenters. The molecular weight excluding hydrogens is 372 g/mol. The maximum atomic E-state index is 12.3. The van der Waals surface area contributed by atoms with Crippen molar-refractivity contribution in [1.29, 1.82) is 0 Å². The van der Waals surface area contributed by atoms with E-state index in [1.807, 2.05) is 47.5 Å². The van der Waals surface area contributed by atoms with E-state index < -0.39 is 0 Å². The highest BCUT2D eigenvalue weighted by molar-refractivity contribution is 9.10. The number of benzene rings is 2. The summed E-state index contributed by atoms with van der Waals surface area (Å²) in [6, 6.07) is 15.1. The van der Waals surface area contributed by atoms with Crippen LogP contribution in [0, 0.1) is 0 Å². The molecule has 0 bridgehead atoms. The maximum absolute atomic E-state index is 12.3. The number of ether oxygens (including phenoxy) is 2. The molecule has 1 N–H and O–H groups in total. The normalized spacial score (nSPS) is 15.0. The van der Waals surface area contributed by atoms with Gasteiger partial charge in [-0.3, -0.25) is 10.2 Å². The van der Waals surface area contributed by atoms with E-state index >= 15 is 0 Å². The van der Waals surface area contributed by atoms with Crippen LogP contribution in [-0.2, 0) is 11.3 Å². The van der Waals surface area contributed by atoms with Crippen molar-refractivity contribution in [2.75, 3.05) is 26.3 Å². The smallest absolute Gasteiger partial charge is 0.265 e. The minimum atomic E-state index is -0.109. The molecule has 6 heteroatoms. The first-order valence-corrected chi connectivity index (χ1v) is 8.61. The molecule has 0 radical (unpaired) electrons. The first-order chi connectivity index (χ1) is 11.7. The van der Waals surface area contributed by atoms with E-state index in [0.717, 1.165) is 15.8 Å². The lowest BCUT2D eigenvalue weighted by Crippen LogP contribution is -2.48. The lowest BCUT2D eigenvalue weighted by atomic mass is 10.1. The molecular formula is C18H19BrN2O3. The zero-order chi connectivity index (χ0) is 16.8. The summed E-state index contributed by atoms with van der Waals surface area (Å²) in [4.78, 5) is 12.3. The highest BCUT2D eigenvalue weighted by atomic mass is 79.9. The summed E-state index contributed by atoms with van der Waals surface area (Å²) in [5, 5.41) is 1.89. The molecule has 2 aromatic carbocycles. The Balaban J connectivity index is 1.58. The summed E-state index contributed by atoms with van der Waals surface area (Å²) >= 11 is 3.40. The van der Waals surface area contributed by atoms with Crippen LogP contribution in [0.1, 0.15) is 15.9 Å². The number of amides is 1. The van der Waals surface area contributed by atoms with Crippen molar-refractivity contribution >= 4 is 21.8 Å². The lowest BCUT2D eigenvalue weighted by molar-refractivity contribution is 0.0126. The lowest BCUT2D eigenvalue weighted by Gasteiger charge is -2.26. The number of hydrogen-bond donors (Lipinski definition) is 1. The van der Waals surface area contributed by atoms with Crippen molar-refractivity contribution in [3.63, 3.8) is 0 Å². The molecule has 1 heterocycles. The van der Waals surface area contributed by atoms with Gasteiger partial charge in [0.1, 0.15) is 12.4 Å². The number of hydrazine groups is 1. The second-order valence-corrected chi connectivity index (χ2v) is 6.40. The summed E-state index contributed by atoms with van der Waals surface area (Å²) in [7, 11) is 0. The quantitative estimate of drug-likeness (QED) is 0.852. The first kappa shape index (κ1) is 17.0. The van der Waals surface area contributed by atoms with Gasteiger partial charge in [-0.2, -0.15) is 0 Å². The van der Waals surface area contributed by atoms with Crippen LogP contribution in [0.2, 0.25) is 0 Å². The monoisotopic (exact) mass is 390 g/mol. The second-order valence-electron chi connectivity index (χ2n) is 5.48. The van der Waals surface area contributed by atoms with Gasteiger partial charge in [-0.15, -0.1) is 0 Å². The van der Waals surface area contributed by atoms with Gasteiger partial charge in [0, 0.05) is 23.1 Å². The third kappa shape index (κ3) is 4.80. The van der Waals surface area contributed by atoms with Gasteiger partial charge in [0.05, 0.1) is 13.2 Å². The van der Waals surface area contributed by atoms with E-state index in [9.17, 15) is 4.79 Å². The molecule has 1 fully saturated rings. The standard InChI is InChI=1S/C18H19BrN2O3/c19-16-4-6-17(7-5-16)24-13-14-2-1-3-15(12-14)18(22)20-21-8-10-23-11-9-21/h1-7,12H,8-11,13H2,(H,20,22). The third-order valence-electron chi connectivity index (χ3n) is 3.68. The van der Waals surface area contributed by atoms with E-state index in [1.54, 1.807) is 6.07 Å². The summed E-state index contributed by atoms with van der Waals surface area (Å²) in [5.74, 6) is 0.684. The Kier molecular flexibility index (Phi) is 5.85. The average molecular weight is 391 g/mol. The van der Waals surface area contributed by atoms with Gasteiger partial charge in [-0.05, 0) is 42.0 Å². The second kappa shape index (κ2) is 8.28. The Morgan fingerprint density at radius 2 is 1.92 bits per heavy atom. The summed E-state index contributed by atoms with van der Waals surface area (Å²) in [6.45, 7) is 3.11. The Bertz CT molecular complexity index is 685. The molecule has 0 aromatic heterocycles. The number of halogens is 1. The van der Waals surface area contributed by atoms with Crippen LogP contribution in [0.3, 0.4) is 0 Å². The van der Waals surface area contributed by atoms with Gasteiger partial charge in [0.15, 0.2) is 0 Å². The SMILES string of the molecule is O=C(NN1CCOCC1)c1cccc(COc2ccc(Br)cc2)c1. The van der Waals surface area contributed by atoms with Crippen LogP contribution in [0.15, 0.2) is 53.0 Å². The number of rotatable bonds is 5. The van der Waals surface area contributed by atoms with Gasteiger partial charge in [0.25, 0.3) is 5.91 Å². The molecule has 1 aliphatic rings. The zero-order valence-corrected chi connectivity index (χ0v) is 14.8. The third-order valence-corrected chi connectivity index (χ3v) is 4.21. The number of nitrogens with one attached hydrogen (secondary N) is 1. The van der Waals surface area contributed by atoms with Crippen LogP contribution in [0.4, 0.5) is 0 Å². The van der Waals surface area contributed by atoms with Crippen LogP contribution in [0.5, 0.6) is 5.75 Å². The van der Waals surface area contributed by atoms with E-state index in [4.69, 9.17) is 9.47 Å². The molecule has 5 nitrogen and oxygen atoms in total. The highest BCUT2D eigenvalue weighted by Crippen LogP contribution is 2.17. The van der Waals surface area contributed by atoms with Crippen LogP contribution in [-0.4, -0.2) is 37.2 Å². The van der Waals surface area contributed by atoms with Crippen LogP contribution in [0.25, 0.3) is 0 Å². The molecule has 0 aliphatic carbocycles. The topological polar surface area (TPSA) is 50.8 Å². The molecule has 1 aliphatic heterocycles. The minimum Gasteiger partial charge on any atom is -0.489 e. The molecule has 1 amide bonds. The Hall–Kier alpha value is -1.89. The Morgan fingerprint density at radius 3 is 2.67 bits per heavy atom. The summed E-state index contributed by atoms with van der Waals surface area (Å²) < 4.78 is 12.0. The van der Waals surface area contributed by atoms with Gasteiger partial charge >= 0.3 is 0 Å². The molecule has 0 saturated carbocycles. The summed E-state index contributed by atoms with van der Waals surface area (Å²) in [6.07, 6.45) is 0. The predicted molar refractivity (Wildman–Crippen MR) is 94.8 cm³/mol. The number of hydrogen-bond acceptors (Lipinski definition) is 4. The highest BCUT2D eigenvalue weighted by Gasteiger charge is 2.14. The first-order valence-electron chi connectivity index (χ1n) is 7.82. The van der Waals surface area contributed by atoms with E-state index in [0.29, 0.717) is 38.5 Å². The fourth-order valence-corrected chi connectivity index (χ4v) is 2.65. The molecule has 2 aromatic rings. The average Bonchev–Trinajstić information content (AvgIpc) is 2.62. The largest absolute Gasteiger partial charge is 0.489 e. The van der Waals surface area contributed by atoms with Gasteiger partial charge in [-0.1, -0.05) is 28.1 Å². The van der Waals surface area contributed by atoms with Crippen molar-refractivity contribution in [2.45, 2.75) is 6.61 Å². The fraction of sp³-hybridized carbons (Fsp3) is 0.278. The van der Waals surface area contributed by atoms with Crippen molar-refractivity contribution in [2.24, 2.45) is 0 Å². The van der Waals surface area contributed by atoms with E-state index in [2.05, 4.69) is 21.4 Å². The molecule has 126 valence electrons. The molecule has 0 unspecified atom stereocenters. The van der Waals surface area contributed by atoms with Gasteiger partial charge in [-0.25, -0.2) is 5.01 Å². The minimum absolute atomic E-state index is 0.109. The number of nitrogens with zero attached hydrogens (tertiary/aromatic N) is 1. The molecule has 3 rings (SSSR count). The molecule has 0 spiro atoms.